The van der Waals surface area contributed by atoms with Crippen molar-refractivity contribution < 1.29 is 8.42 Å². The molecule has 0 aromatic heterocycles. The molecule has 0 aromatic rings. The number of hydrogen-bond donors (Lipinski definition) is 1. The second-order valence-corrected chi connectivity index (χ2v) is 9.68. The van der Waals surface area contributed by atoms with Crippen LogP contribution in [-0.2, 0) is 10.0 Å². The lowest BCUT2D eigenvalue weighted by Gasteiger charge is -2.35. The minimum Gasteiger partial charge on any atom is -0.314 e. The van der Waals surface area contributed by atoms with E-state index in [1.54, 1.807) is 4.31 Å². The molecule has 0 spiro atoms. The zero-order chi connectivity index (χ0) is 14.8. The predicted octanol–water partition coefficient (Wildman–Crippen LogP) is 2.22. The highest BCUT2D eigenvalue weighted by molar-refractivity contribution is 7.89. The van der Waals surface area contributed by atoms with E-state index in [4.69, 9.17) is 0 Å². The standard InChI is InChI=1S/C15H30N2O2S/c1-15(2,3)8-11-20(18,19)17-10-5-6-13(12-17)14-7-4-9-16-14/h13-14,16H,4-12H2,1-3H3. The van der Waals surface area contributed by atoms with Crippen molar-refractivity contribution in [2.24, 2.45) is 11.3 Å². The van der Waals surface area contributed by atoms with Crippen LogP contribution in [0.25, 0.3) is 0 Å². The van der Waals surface area contributed by atoms with Crippen molar-refractivity contribution in [2.45, 2.75) is 58.9 Å². The third-order valence-electron chi connectivity index (χ3n) is 4.59. The van der Waals surface area contributed by atoms with Crippen LogP contribution in [0.4, 0.5) is 0 Å². The van der Waals surface area contributed by atoms with Crippen molar-refractivity contribution in [1.82, 2.24) is 9.62 Å². The molecule has 0 aliphatic carbocycles. The summed E-state index contributed by atoms with van der Waals surface area (Å²) in [5.74, 6) is 0.803. The largest absolute Gasteiger partial charge is 0.314 e. The lowest BCUT2D eigenvalue weighted by Crippen LogP contribution is -2.46. The van der Waals surface area contributed by atoms with E-state index in [1.807, 2.05) is 0 Å². The number of rotatable bonds is 4. The van der Waals surface area contributed by atoms with E-state index < -0.39 is 10.0 Å². The van der Waals surface area contributed by atoms with Gasteiger partial charge in [-0.05, 0) is 50.0 Å². The second-order valence-electron chi connectivity index (χ2n) is 7.59. The lowest BCUT2D eigenvalue weighted by atomic mass is 9.91. The zero-order valence-electron chi connectivity index (χ0n) is 13.2. The summed E-state index contributed by atoms with van der Waals surface area (Å²) in [4.78, 5) is 0. The van der Waals surface area contributed by atoms with Crippen molar-refractivity contribution in [3.63, 3.8) is 0 Å². The van der Waals surface area contributed by atoms with E-state index in [9.17, 15) is 8.42 Å². The van der Waals surface area contributed by atoms with Crippen molar-refractivity contribution in [1.29, 1.82) is 0 Å². The second kappa shape index (κ2) is 6.32. The van der Waals surface area contributed by atoms with E-state index in [1.165, 1.54) is 19.3 Å². The molecule has 0 radical (unpaired) electrons. The fourth-order valence-electron chi connectivity index (χ4n) is 3.23. The minimum atomic E-state index is -3.07. The molecule has 2 heterocycles. The summed E-state index contributed by atoms with van der Waals surface area (Å²) in [6.45, 7) is 8.84. The minimum absolute atomic E-state index is 0.0786. The molecule has 0 aromatic carbocycles. The summed E-state index contributed by atoms with van der Waals surface area (Å²) in [6, 6.07) is 0.538. The molecule has 2 aliphatic rings. The first kappa shape index (κ1) is 16.2. The summed E-state index contributed by atoms with van der Waals surface area (Å²) < 4.78 is 26.8. The molecule has 1 N–H and O–H groups in total. The van der Waals surface area contributed by atoms with Gasteiger partial charge in [0.2, 0.25) is 10.0 Å². The molecule has 2 aliphatic heterocycles. The fourth-order valence-corrected chi connectivity index (χ4v) is 5.19. The third-order valence-corrected chi connectivity index (χ3v) is 6.43. The molecule has 0 amide bonds. The monoisotopic (exact) mass is 302 g/mol. The van der Waals surface area contributed by atoms with Crippen molar-refractivity contribution in [3.05, 3.63) is 0 Å². The van der Waals surface area contributed by atoms with Crippen LogP contribution in [0, 0.1) is 11.3 Å². The van der Waals surface area contributed by atoms with Gasteiger partial charge in [0.15, 0.2) is 0 Å². The summed E-state index contributed by atoms with van der Waals surface area (Å²) in [6.07, 6.45) is 5.36. The third kappa shape index (κ3) is 4.43. The molecular weight excluding hydrogens is 272 g/mol. The molecule has 5 heteroatoms. The van der Waals surface area contributed by atoms with Gasteiger partial charge in [0, 0.05) is 19.1 Å². The van der Waals surface area contributed by atoms with E-state index in [0.29, 0.717) is 17.7 Å². The van der Waals surface area contributed by atoms with Gasteiger partial charge in [0.25, 0.3) is 0 Å². The van der Waals surface area contributed by atoms with Gasteiger partial charge in [0.1, 0.15) is 0 Å². The Balaban J connectivity index is 1.93. The normalized spacial score (nSPS) is 29.8. The van der Waals surface area contributed by atoms with Gasteiger partial charge in [-0.15, -0.1) is 0 Å². The van der Waals surface area contributed by atoms with E-state index in [2.05, 4.69) is 26.1 Å². The molecular formula is C15H30N2O2S. The van der Waals surface area contributed by atoms with E-state index in [-0.39, 0.29) is 5.41 Å². The van der Waals surface area contributed by atoms with Gasteiger partial charge in [-0.2, -0.15) is 0 Å². The SMILES string of the molecule is CC(C)(C)CCS(=O)(=O)N1CCCC(C2CCCN2)C1. The summed E-state index contributed by atoms with van der Waals surface area (Å²) >= 11 is 0. The average Bonchev–Trinajstić information content (AvgIpc) is 2.90. The average molecular weight is 302 g/mol. The first-order valence-electron chi connectivity index (χ1n) is 7.99. The van der Waals surface area contributed by atoms with Gasteiger partial charge in [-0.1, -0.05) is 20.8 Å². The Morgan fingerprint density at radius 2 is 1.95 bits per heavy atom. The van der Waals surface area contributed by atoms with Gasteiger partial charge >= 0.3 is 0 Å². The van der Waals surface area contributed by atoms with Crippen molar-refractivity contribution in [2.75, 3.05) is 25.4 Å². The van der Waals surface area contributed by atoms with Crippen LogP contribution in [0.2, 0.25) is 0 Å². The van der Waals surface area contributed by atoms with Crippen LogP contribution in [0.5, 0.6) is 0 Å². The first-order chi connectivity index (χ1) is 9.28. The molecule has 2 rings (SSSR count). The smallest absolute Gasteiger partial charge is 0.214 e. The quantitative estimate of drug-likeness (QED) is 0.866. The van der Waals surface area contributed by atoms with Crippen LogP contribution < -0.4 is 5.32 Å². The summed E-state index contributed by atoms with van der Waals surface area (Å²) in [5.41, 5.74) is 0.0786. The predicted molar refractivity (Wildman–Crippen MR) is 83.2 cm³/mol. The van der Waals surface area contributed by atoms with Crippen LogP contribution >= 0.6 is 0 Å². The number of sulfonamides is 1. The molecule has 4 nitrogen and oxygen atoms in total. The Labute approximate surface area is 124 Å². The Morgan fingerprint density at radius 1 is 1.20 bits per heavy atom. The number of piperidine rings is 1. The number of nitrogens with one attached hydrogen (secondary N) is 1. The van der Waals surface area contributed by atoms with Gasteiger partial charge in [-0.25, -0.2) is 12.7 Å². The highest BCUT2D eigenvalue weighted by Gasteiger charge is 2.34. The van der Waals surface area contributed by atoms with Gasteiger partial charge in [0.05, 0.1) is 5.75 Å². The lowest BCUT2D eigenvalue weighted by molar-refractivity contribution is 0.225. The highest BCUT2D eigenvalue weighted by Crippen LogP contribution is 2.27. The van der Waals surface area contributed by atoms with E-state index in [0.717, 1.165) is 32.5 Å². The highest BCUT2D eigenvalue weighted by atomic mass is 32.2. The fraction of sp³-hybridized carbons (Fsp3) is 1.00. The molecule has 2 fully saturated rings. The Hall–Kier alpha value is -0.130. The van der Waals surface area contributed by atoms with E-state index >= 15 is 0 Å². The van der Waals surface area contributed by atoms with Crippen LogP contribution in [0.15, 0.2) is 0 Å². The molecule has 2 atom stereocenters. The number of nitrogens with zero attached hydrogens (tertiary/aromatic N) is 1. The van der Waals surface area contributed by atoms with Gasteiger partial charge in [-0.3, -0.25) is 0 Å². The maximum atomic E-state index is 12.5. The molecule has 2 unspecified atom stereocenters. The van der Waals surface area contributed by atoms with Gasteiger partial charge < -0.3 is 5.32 Å². The van der Waals surface area contributed by atoms with Crippen molar-refractivity contribution in [3.8, 4) is 0 Å². The Kier molecular flexibility index (Phi) is 5.14. The molecule has 0 bridgehead atoms. The first-order valence-corrected chi connectivity index (χ1v) is 9.60. The summed E-state index contributed by atoms with van der Waals surface area (Å²) in [5, 5.41) is 3.53. The molecule has 20 heavy (non-hydrogen) atoms. The van der Waals surface area contributed by atoms with Crippen molar-refractivity contribution >= 4 is 10.0 Å². The Morgan fingerprint density at radius 3 is 2.55 bits per heavy atom. The maximum Gasteiger partial charge on any atom is 0.214 e. The topological polar surface area (TPSA) is 49.4 Å². The zero-order valence-corrected chi connectivity index (χ0v) is 14.0. The molecule has 2 saturated heterocycles. The van der Waals surface area contributed by atoms with Crippen LogP contribution in [0.1, 0.15) is 52.9 Å². The Bertz CT molecular complexity index is 408. The molecule has 118 valence electrons. The number of hydrogen-bond acceptors (Lipinski definition) is 3. The molecule has 0 saturated carbocycles. The maximum absolute atomic E-state index is 12.5. The summed E-state index contributed by atoms with van der Waals surface area (Å²) in [7, 11) is -3.07. The van der Waals surface area contributed by atoms with Crippen LogP contribution in [-0.4, -0.2) is 44.2 Å². The van der Waals surface area contributed by atoms with Crippen LogP contribution in [0.3, 0.4) is 0 Å².